The van der Waals surface area contributed by atoms with Crippen molar-refractivity contribution in [1.29, 1.82) is 0 Å². The van der Waals surface area contributed by atoms with Crippen molar-refractivity contribution < 1.29 is 4.42 Å². The Morgan fingerprint density at radius 1 is 0.529 bits per heavy atom. The van der Waals surface area contributed by atoms with Crippen molar-refractivity contribution in [3.8, 4) is 27.9 Å². The quantitative estimate of drug-likeness (QED) is 0.153. The molecule has 3 nitrogen and oxygen atoms in total. The highest BCUT2D eigenvalue weighted by molar-refractivity contribution is 7.26. The van der Waals surface area contributed by atoms with Gasteiger partial charge in [-0.3, -0.25) is 0 Å². The normalized spacial score (nSPS) is 15.0. The minimum Gasteiger partial charge on any atom is -0.456 e. The first-order valence-corrected chi connectivity index (χ1v) is 25.3. The number of furan rings is 1. The van der Waals surface area contributed by atoms with Crippen LogP contribution >= 0.6 is 11.3 Å². The van der Waals surface area contributed by atoms with Crippen LogP contribution in [0, 0.1) is 0 Å². The molecular formula is C63H55BN2OS. The lowest BCUT2D eigenvalue weighted by molar-refractivity contribution is 0.590. The van der Waals surface area contributed by atoms with E-state index in [4.69, 9.17) is 4.42 Å². The summed E-state index contributed by atoms with van der Waals surface area (Å²) in [5, 5.41) is 7.69. The molecule has 5 heteroatoms. The van der Waals surface area contributed by atoms with Crippen LogP contribution in [0.1, 0.15) is 104 Å². The van der Waals surface area contributed by atoms with Gasteiger partial charge in [0.15, 0.2) is 0 Å². The molecule has 0 unspecified atom stereocenters. The fraction of sp³-hybridized carbons (Fsp3) is 0.238. The number of hydrogen-bond acceptors (Lipinski definition) is 3. The van der Waals surface area contributed by atoms with E-state index in [1.54, 1.807) is 0 Å². The maximum absolute atomic E-state index is 6.98. The second-order valence-electron chi connectivity index (χ2n) is 23.8. The summed E-state index contributed by atoms with van der Waals surface area (Å²) < 4.78 is 12.3. The Morgan fingerprint density at radius 2 is 1.19 bits per heavy atom. The minimum atomic E-state index is -0.268. The first kappa shape index (κ1) is 40.5. The third-order valence-corrected chi connectivity index (χ3v) is 17.3. The number of fused-ring (bicyclic) bond motifs is 19. The Kier molecular flexibility index (Phi) is 7.71. The highest BCUT2D eigenvalue weighted by atomic mass is 32.1. The molecule has 0 saturated carbocycles. The van der Waals surface area contributed by atoms with Crippen molar-refractivity contribution in [3.63, 3.8) is 0 Å². The second kappa shape index (κ2) is 12.9. The highest BCUT2D eigenvalue weighted by Crippen LogP contribution is 2.60. The van der Waals surface area contributed by atoms with Gasteiger partial charge in [-0.2, -0.15) is 0 Å². The van der Waals surface area contributed by atoms with E-state index in [9.17, 15) is 0 Å². The molecule has 0 amide bonds. The fourth-order valence-corrected chi connectivity index (χ4v) is 13.8. The monoisotopic (exact) mass is 898 g/mol. The van der Waals surface area contributed by atoms with E-state index in [0.717, 1.165) is 16.6 Å². The van der Waals surface area contributed by atoms with E-state index in [2.05, 4.69) is 219 Å². The van der Waals surface area contributed by atoms with Gasteiger partial charge in [-0.1, -0.05) is 149 Å². The van der Waals surface area contributed by atoms with Crippen LogP contribution in [0.15, 0.2) is 138 Å². The molecule has 68 heavy (non-hydrogen) atoms. The first-order chi connectivity index (χ1) is 32.4. The number of rotatable bonds is 1. The summed E-state index contributed by atoms with van der Waals surface area (Å²) in [7, 11) is 0. The molecule has 2 aliphatic heterocycles. The predicted octanol–water partition coefficient (Wildman–Crippen LogP) is 16.5. The maximum atomic E-state index is 6.98. The molecule has 14 rings (SSSR count). The molecule has 11 aromatic rings. The van der Waals surface area contributed by atoms with E-state index in [1.807, 2.05) is 11.3 Å². The molecule has 0 spiro atoms. The predicted molar refractivity (Wildman–Crippen MR) is 294 cm³/mol. The lowest BCUT2D eigenvalue weighted by Gasteiger charge is -2.43. The minimum absolute atomic E-state index is 0.00698. The Labute approximate surface area is 403 Å². The molecule has 0 fully saturated rings. The Hall–Kier alpha value is -6.56. The highest BCUT2D eigenvalue weighted by Gasteiger charge is 2.50. The van der Waals surface area contributed by atoms with Gasteiger partial charge in [-0.15, -0.1) is 11.3 Å². The number of anilines is 2. The lowest BCUT2D eigenvalue weighted by atomic mass is 9.43. The molecule has 0 atom stereocenters. The van der Waals surface area contributed by atoms with Gasteiger partial charge in [0.05, 0.1) is 11.0 Å². The molecule has 5 heterocycles. The summed E-state index contributed by atoms with van der Waals surface area (Å²) in [6.07, 6.45) is 0. The van der Waals surface area contributed by atoms with E-state index in [1.165, 1.54) is 125 Å². The Morgan fingerprint density at radius 3 is 1.94 bits per heavy atom. The van der Waals surface area contributed by atoms with E-state index < -0.39 is 0 Å². The van der Waals surface area contributed by atoms with Gasteiger partial charge in [-0.05, 0) is 132 Å². The van der Waals surface area contributed by atoms with E-state index in [0.29, 0.717) is 0 Å². The third kappa shape index (κ3) is 5.21. The molecule has 3 aromatic heterocycles. The van der Waals surface area contributed by atoms with Crippen LogP contribution in [0.5, 0.6) is 0 Å². The van der Waals surface area contributed by atoms with Crippen molar-refractivity contribution in [2.45, 2.75) is 97.8 Å². The van der Waals surface area contributed by atoms with Crippen molar-refractivity contribution >= 4 is 104 Å². The molecule has 332 valence electrons. The number of hydrogen-bond donors (Lipinski definition) is 0. The fourth-order valence-electron chi connectivity index (χ4n) is 12.7. The summed E-state index contributed by atoms with van der Waals surface area (Å²) in [6.45, 7) is 25.7. The third-order valence-electron chi connectivity index (χ3n) is 16.2. The lowest BCUT2D eigenvalue weighted by Crippen LogP contribution is -2.60. The molecule has 0 N–H and O–H groups in total. The SMILES string of the molecule is CC(C)(C)c1ccc(N2B3c4cc5c(cc4-n4c6ccc(C(C)(C)C)cc6c6c7c(c(c3c64)-c3cc4oc6ccc(C(C)(C)C)cc6c4cc32)-c2ccccc2C7(C)C)sc2ccccc25)cc1. The van der Waals surface area contributed by atoms with Crippen LogP contribution in [0.2, 0.25) is 0 Å². The van der Waals surface area contributed by atoms with Gasteiger partial charge in [0.2, 0.25) is 0 Å². The van der Waals surface area contributed by atoms with Crippen molar-refractivity contribution in [2.24, 2.45) is 0 Å². The number of thiophene rings is 1. The summed E-state index contributed by atoms with van der Waals surface area (Å²) in [4.78, 5) is 2.72. The molecule has 0 saturated heterocycles. The van der Waals surface area contributed by atoms with Crippen molar-refractivity contribution in [2.75, 3.05) is 4.81 Å². The summed E-state index contributed by atoms with van der Waals surface area (Å²) in [6, 6.07) is 52.0. The van der Waals surface area contributed by atoms with E-state index in [-0.39, 0.29) is 28.5 Å². The molecular weight excluding hydrogens is 844 g/mol. The Balaban J connectivity index is 1.23. The summed E-state index contributed by atoms with van der Waals surface area (Å²) >= 11 is 1.91. The van der Waals surface area contributed by atoms with Crippen LogP contribution < -0.4 is 15.7 Å². The largest absolute Gasteiger partial charge is 0.456 e. The van der Waals surface area contributed by atoms with Gasteiger partial charge in [-0.25, -0.2) is 0 Å². The zero-order valence-electron chi connectivity index (χ0n) is 41.0. The van der Waals surface area contributed by atoms with Crippen molar-refractivity contribution in [1.82, 2.24) is 4.57 Å². The smallest absolute Gasteiger partial charge is 0.333 e. The molecule has 8 aromatic carbocycles. The van der Waals surface area contributed by atoms with Crippen molar-refractivity contribution in [3.05, 3.63) is 161 Å². The molecule has 0 radical (unpaired) electrons. The maximum Gasteiger partial charge on any atom is 0.333 e. The number of benzene rings is 8. The number of nitrogens with zero attached hydrogens (tertiary/aromatic N) is 2. The topological polar surface area (TPSA) is 21.3 Å². The zero-order chi connectivity index (χ0) is 46.7. The van der Waals surface area contributed by atoms with E-state index >= 15 is 0 Å². The van der Waals surface area contributed by atoms with Crippen LogP contribution in [0.4, 0.5) is 11.4 Å². The second-order valence-corrected chi connectivity index (χ2v) is 24.8. The molecule has 3 aliphatic rings. The average molecular weight is 899 g/mol. The van der Waals surface area contributed by atoms with Crippen LogP contribution in [-0.2, 0) is 21.7 Å². The zero-order valence-corrected chi connectivity index (χ0v) is 41.8. The first-order valence-electron chi connectivity index (χ1n) is 24.5. The van der Waals surface area contributed by atoms with Gasteiger partial charge in [0.25, 0.3) is 0 Å². The van der Waals surface area contributed by atoms with Gasteiger partial charge in [0.1, 0.15) is 11.2 Å². The Bertz CT molecular complexity index is 4060. The number of aromatic nitrogens is 1. The van der Waals surface area contributed by atoms with Gasteiger partial charge < -0.3 is 13.8 Å². The summed E-state index contributed by atoms with van der Waals surface area (Å²) in [5.41, 5.74) is 22.6. The molecule has 1 aliphatic carbocycles. The summed E-state index contributed by atoms with van der Waals surface area (Å²) in [5.74, 6) is 0. The average Bonchev–Trinajstić information content (AvgIpc) is 4.02. The van der Waals surface area contributed by atoms with Gasteiger partial charge in [0, 0.05) is 69.8 Å². The van der Waals surface area contributed by atoms with Crippen LogP contribution in [0.3, 0.4) is 0 Å². The molecule has 0 bridgehead atoms. The van der Waals surface area contributed by atoms with Crippen LogP contribution in [-0.4, -0.2) is 11.4 Å². The van der Waals surface area contributed by atoms with Crippen LogP contribution in [0.25, 0.3) is 91.9 Å². The van der Waals surface area contributed by atoms with Gasteiger partial charge >= 0.3 is 6.85 Å². The standard InChI is InChI=1S/C63H55BN2OS/c1-60(2,3)34-20-24-37(25-21-34)66-48-31-41-40-28-36(62(7,8)9)23-27-50(40)67-51(41)32-44(48)55-54-39-17-12-14-18-45(39)63(10,11)57(54)56-43-29-35(61(4,5)6)22-26-47(43)65-49-33-53-42(38-16-13-15-19-52(38)68-53)30-46(49)64(66)58(55)59(56)65/h12-33H,1-11H3.